The van der Waals surface area contributed by atoms with Crippen LogP contribution < -0.4 is 10.1 Å². The molecule has 1 aliphatic rings. The summed E-state index contributed by atoms with van der Waals surface area (Å²) in [6, 6.07) is 7.21. The summed E-state index contributed by atoms with van der Waals surface area (Å²) >= 11 is 0. The number of benzene rings is 2. The maximum Gasteiger partial charge on any atom is 0.416 e. The maximum absolute atomic E-state index is 13.0. The van der Waals surface area contributed by atoms with Gasteiger partial charge in [0.25, 0.3) is 11.6 Å². The lowest BCUT2D eigenvalue weighted by Gasteiger charge is -2.15. The number of methoxy groups -OCH3 is 1. The van der Waals surface area contributed by atoms with Crippen molar-refractivity contribution in [2.24, 2.45) is 0 Å². The predicted molar refractivity (Wildman–Crippen MR) is 111 cm³/mol. The zero-order valence-electron chi connectivity index (χ0n) is 17.6. The number of β-amino-alcohol motifs (C(OH)–C–C–N with tert-alkyl or cyclic N) is 1. The molecule has 0 radical (unpaired) electrons. The van der Waals surface area contributed by atoms with Crippen LogP contribution in [0.15, 0.2) is 53.7 Å². The molecule has 2 aromatic carbocycles. The van der Waals surface area contributed by atoms with Crippen molar-refractivity contribution in [1.29, 1.82) is 0 Å². The molecule has 0 fully saturated rings. The minimum atomic E-state index is -4.62. The Kier molecular flexibility index (Phi) is 7.05. The monoisotopic (exact) mass is 481 g/mol. The largest absolute Gasteiger partial charge is 0.466 e. The Morgan fingerprint density at radius 2 is 1.97 bits per heavy atom. The SMILES string of the molecule is COC(=O)C1=C(Nc2cc(Oc3cccc(C(F)(F)F)c3)cc([N+](=O)[O-])c2)C(=O)N(CCO)C1. The van der Waals surface area contributed by atoms with Crippen LogP contribution >= 0.6 is 0 Å². The number of aliphatic hydroxyl groups excluding tert-OH is 1. The van der Waals surface area contributed by atoms with Crippen molar-refractivity contribution in [3.8, 4) is 11.5 Å². The molecule has 2 aromatic rings. The zero-order valence-corrected chi connectivity index (χ0v) is 17.6. The van der Waals surface area contributed by atoms with E-state index in [2.05, 4.69) is 10.1 Å². The standard InChI is InChI=1S/C21H18F3N3O7/c1-33-20(30)17-11-26(5-6-28)19(29)18(17)25-13-8-14(27(31)32)10-16(9-13)34-15-4-2-3-12(7-15)21(22,23)24/h2-4,7-10,25,28H,5-6,11H2,1H3. The lowest BCUT2D eigenvalue weighted by Crippen LogP contribution is -2.31. The van der Waals surface area contributed by atoms with Gasteiger partial charge in [0, 0.05) is 24.4 Å². The van der Waals surface area contributed by atoms with Crippen molar-refractivity contribution in [2.75, 3.05) is 32.1 Å². The van der Waals surface area contributed by atoms with Gasteiger partial charge in [-0.05, 0) is 18.2 Å². The minimum absolute atomic E-state index is 0.0354. The fourth-order valence-electron chi connectivity index (χ4n) is 3.19. The quantitative estimate of drug-likeness (QED) is 0.334. The van der Waals surface area contributed by atoms with E-state index >= 15 is 0 Å². The van der Waals surface area contributed by atoms with Crippen LogP contribution in [0.3, 0.4) is 0 Å². The second-order valence-corrected chi connectivity index (χ2v) is 7.02. The van der Waals surface area contributed by atoms with E-state index in [1.54, 1.807) is 0 Å². The number of nitro benzene ring substituents is 1. The molecule has 0 spiro atoms. The number of nitro groups is 1. The van der Waals surface area contributed by atoms with Gasteiger partial charge in [0.2, 0.25) is 0 Å². The number of rotatable bonds is 8. The third-order valence-corrected chi connectivity index (χ3v) is 4.72. The number of halogens is 3. The van der Waals surface area contributed by atoms with Crippen molar-refractivity contribution in [2.45, 2.75) is 6.18 Å². The number of hydrogen-bond donors (Lipinski definition) is 2. The number of ether oxygens (including phenoxy) is 2. The summed E-state index contributed by atoms with van der Waals surface area (Å²) in [7, 11) is 1.11. The van der Waals surface area contributed by atoms with Gasteiger partial charge in [-0.3, -0.25) is 14.9 Å². The van der Waals surface area contributed by atoms with E-state index in [0.717, 1.165) is 37.4 Å². The van der Waals surface area contributed by atoms with Gasteiger partial charge in [0.05, 0.1) is 42.4 Å². The van der Waals surface area contributed by atoms with Gasteiger partial charge in [-0.15, -0.1) is 0 Å². The van der Waals surface area contributed by atoms with Crippen molar-refractivity contribution in [1.82, 2.24) is 4.90 Å². The average molecular weight is 481 g/mol. The molecule has 0 atom stereocenters. The smallest absolute Gasteiger partial charge is 0.416 e. The molecule has 3 rings (SSSR count). The first-order valence-corrected chi connectivity index (χ1v) is 9.66. The van der Waals surface area contributed by atoms with Crippen LogP contribution in [0.1, 0.15) is 5.56 Å². The summed E-state index contributed by atoms with van der Waals surface area (Å²) < 4.78 is 49.0. The number of non-ortho nitro benzene ring substituents is 1. The molecule has 0 saturated heterocycles. The van der Waals surface area contributed by atoms with Gasteiger partial charge in [0.15, 0.2) is 0 Å². The van der Waals surface area contributed by atoms with E-state index in [0.29, 0.717) is 0 Å². The number of anilines is 1. The van der Waals surface area contributed by atoms with Crippen molar-refractivity contribution in [3.05, 3.63) is 69.4 Å². The van der Waals surface area contributed by atoms with Crippen LogP contribution in [0.25, 0.3) is 0 Å². The number of hydrogen-bond acceptors (Lipinski definition) is 8. The molecule has 13 heteroatoms. The zero-order chi connectivity index (χ0) is 25.0. The molecule has 0 saturated carbocycles. The Morgan fingerprint density at radius 1 is 1.24 bits per heavy atom. The number of alkyl halides is 3. The molecule has 0 aliphatic carbocycles. The molecule has 34 heavy (non-hydrogen) atoms. The molecule has 1 heterocycles. The van der Waals surface area contributed by atoms with Crippen LogP contribution in [-0.4, -0.2) is 53.6 Å². The Morgan fingerprint density at radius 3 is 2.59 bits per heavy atom. The Balaban J connectivity index is 1.97. The lowest BCUT2D eigenvalue weighted by molar-refractivity contribution is -0.384. The van der Waals surface area contributed by atoms with Crippen molar-refractivity contribution < 1.29 is 42.3 Å². The Bertz CT molecular complexity index is 1160. The molecule has 10 nitrogen and oxygen atoms in total. The molecule has 0 bridgehead atoms. The second kappa shape index (κ2) is 9.79. The molecule has 2 N–H and O–H groups in total. The van der Waals surface area contributed by atoms with E-state index < -0.39 is 34.2 Å². The third kappa shape index (κ3) is 5.43. The summed E-state index contributed by atoms with van der Waals surface area (Å²) in [5.74, 6) is -1.88. The van der Waals surface area contributed by atoms with Gasteiger partial charge in [0.1, 0.15) is 17.2 Å². The topological polar surface area (TPSA) is 131 Å². The Hall–Kier alpha value is -4.13. The molecule has 1 amide bonds. The number of nitrogens with one attached hydrogen (secondary N) is 1. The van der Waals surface area contributed by atoms with E-state index in [1.165, 1.54) is 17.0 Å². The van der Waals surface area contributed by atoms with Crippen LogP contribution in [0.2, 0.25) is 0 Å². The average Bonchev–Trinajstić information content (AvgIpc) is 3.08. The predicted octanol–water partition coefficient (Wildman–Crippen LogP) is 3.08. The Labute approximate surface area is 190 Å². The van der Waals surface area contributed by atoms with Crippen LogP contribution in [0, 0.1) is 10.1 Å². The molecule has 1 aliphatic heterocycles. The van der Waals surface area contributed by atoms with Crippen LogP contribution in [-0.2, 0) is 20.5 Å². The van der Waals surface area contributed by atoms with Gasteiger partial charge < -0.3 is 24.8 Å². The first kappa shape index (κ1) is 24.5. The van der Waals surface area contributed by atoms with Gasteiger partial charge in [-0.25, -0.2) is 4.79 Å². The van der Waals surface area contributed by atoms with Crippen LogP contribution in [0.5, 0.6) is 11.5 Å². The van der Waals surface area contributed by atoms with E-state index in [-0.39, 0.29) is 48.2 Å². The van der Waals surface area contributed by atoms with Gasteiger partial charge in [-0.1, -0.05) is 6.07 Å². The maximum atomic E-state index is 13.0. The number of nitrogens with zero attached hydrogens (tertiary/aromatic N) is 2. The summed E-state index contributed by atoms with van der Waals surface area (Å²) in [6.45, 7) is -0.584. The third-order valence-electron chi connectivity index (χ3n) is 4.72. The van der Waals surface area contributed by atoms with Gasteiger partial charge in [-0.2, -0.15) is 13.2 Å². The highest BCUT2D eigenvalue weighted by Crippen LogP contribution is 2.35. The fourth-order valence-corrected chi connectivity index (χ4v) is 3.19. The molecular formula is C21H18F3N3O7. The second-order valence-electron chi connectivity index (χ2n) is 7.02. The first-order valence-electron chi connectivity index (χ1n) is 9.66. The number of carbonyl (C=O) groups excluding carboxylic acids is 2. The summed E-state index contributed by atoms with van der Waals surface area (Å²) in [5.41, 5.74) is -1.77. The number of aliphatic hydroxyl groups is 1. The molecular weight excluding hydrogens is 463 g/mol. The summed E-state index contributed by atoms with van der Waals surface area (Å²) in [5, 5.41) is 23.2. The molecule has 0 unspecified atom stereocenters. The van der Waals surface area contributed by atoms with Crippen molar-refractivity contribution in [3.63, 3.8) is 0 Å². The van der Waals surface area contributed by atoms with E-state index in [9.17, 15) is 32.9 Å². The molecule has 0 aromatic heterocycles. The molecule has 180 valence electrons. The van der Waals surface area contributed by atoms with Crippen molar-refractivity contribution >= 4 is 23.3 Å². The summed E-state index contributed by atoms with van der Waals surface area (Å²) in [4.78, 5) is 36.6. The number of amides is 1. The van der Waals surface area contributed by atoms with E-state index in [4.69, 9.17) is 9.84 Å². The number of esters is 1. The fraction of sp³-hybridized carbons (Fsp3) is 0.238. The van der Waals surface area contributed by atoms with E-state index in [1.807, 2.05) is 0 Å². The highest BCUT2D eigenvalue weighted by molar-refractivity contribution is 6.08. The highest BCUT2D eigenvalue weighted by atomic mass is 19.4. The first-order chi connectivity index (χ1) is 16.0. The summed E-state index contributed by atoms with van der Waals surface area (Å²) in [6.07, 6.45) is -4.62. The minimum Gasteiger partial charge on any atom is -0.466 e. The normalized spacial score (nSPS) is 13.8. The van der Waals surface area contributed by atoms with Gasteiger partial charge >= 0.3 is 12.1 Å². The lowest BCUT2D eigenvalue weighted by atomic mass is 10.2. The highest BCUT2D eigenvalue weighted by Gasteiger charge is 2.35. The van der Waals surface area contributed by atoms with Crippen LogP contribution in [0.4, 0.5) is 24.5 Å². The number of carbonyl (C=O) groups is 2.